The summed E-state index contributed by atoms with van der Waals surface area (Å²) in [4.78, 5) is 10.6. The van der Waals surface area contributed by atoms with Gasteiger partial charge in [-0.2, -0.15) is 0 Å². The van der Waals surface area contributed by atoms with Crippen LogP contribution in [0.25, 0.3) is 0 Å². The second-order valence-electron chi connectivity index (χ2n) is 5.72. The Labute approximate surface area is 128 Å². The van der Waals surface area contributed by atoms with Crippen molar-refractivity contribution in [2.75, 3.05) is 0 Å². The fourth-order valence-corrected chi connectivity index (χ4v) is 2.18. The first-order chi connectivity index (χ1) is 9.79. The molecule has 0 aromatic heterocycles. The van der Waals surface area contributed by atoms with E-state index >= 15 is 0 Å². The van der Waals surface area contributed by atoms with Crippen molar-refractivity contribution in [1.29, 1.82) is 0 Å². The summed E-state index contributed by atoms with van der Waals surface area (Å²) in [6, 6.07) is 11.8. The van der Waals surface area contributed by atoms with E-state index in [4.69, 9.17) is 16.3 Å². The standard InChI is InChI=1S/C16H16ClNO3/c1-16(2,3)12-6-4-5-7-14(12)21-15-10-11(17)8-9-13(15)18(19)20/h4-10H,1-3H3. The van der Waals surface area contributed by atoms with Crippen molar-refractivity contribution in [3.8, 4) is 11.5 Å². The van der Waals surface area contributed by atoms with Crippen LogP contribution in [0.3, 0.4) is 0 Å². The first-order valence-corrected chi connectivity index (χ1v) is 6.88. The lowest BCUT2D eigenvalue weighted by Crippen LogP contribution is -2.12. The van der Waals surface area contributed by atoms with Gasteiger partial charge in [-0.1, -0.05) is 50.6 Å². The topological polar surface area (TPSA) is 52.4 Å². The lowest BCUT2D eigenvalue weighted by atomic mass is 9.86. The molecule has 0 unspecified atom stereocenters. The highest BCUT2D eigenvalue weighted by Crippen LogP contribution is 2.38. The number of para-hydroxylation sites is 1. The molecular formula is C16H16ClNO3. The van der Waals surface area contributed by atoms with Gasteiger partial charge in [0.25, 0.3) is 0 Å². The third-order valence-electron chi connectivity index (χ3n) is 3.03. The Morgan fingerprint density at radius 1 is 1.10 bits per heavy atom. The van der Waals surface area contributed by atoms with Gasteiger partial charge in [-0.05, 0) is 17.5 Å². The zero-order chi connectivity index (χ0) is 15.6. The molecule has 0 saturated carbocycles. The summed E-state index contributed by atoms with van der Waals surface area (Å²) in [5, 5.41) is 11.5. The highest BCUT2D eigenvalue weighted by Gasteiger charge is 2.22. The largest absolute Gasteiger partial charge is 0.450 e. The molecule has 0 N–H and O–H groups in total. The minimum Gasteiger partial charge on any atom is -0.450 e. The van der Waals surface area contributed by atoms with Gasteiger partial charge in [-0.25, -0.2) is 0 Å². The van der Waals surface area contributed by atoms with Gasteiger partial charge in [0.15, 0.2) is 0 Å². The number of rotatable bonds is 3. The Hall–Kier alpha value is -2.07. The molecular weight excluding hydrogens is 290 g/mol. The molecule has 0 aliphatic heterocycles. The monoisotopic (exact) mass is 305 g/mol. The lowest BCUT2D eigenvalue weighted by molar-refractivity contribution is -0.385. The Bertz CT molecular complexity index is 677. The number of nitro benzene ring substituents is 1. The molecule has 0 radical (unpaired) electrons. The molecule has 110 valence electrons. The van der Waals surface area contributed by atoms with Crippen LogP contribution in [0.1, 0.15) is 26.3 Å². The van der Waals surface area contributed by atoms with Crippen LogP contribution in [0.4, 0.5) is 5.69 Å². The molecule has 0 atom stereocenters. The van der Waals surface area contributed by atoms with E-state index in [-0.39, 0.29) is 16.9 Å². The average molecular weight is 306 g/mol. The van der Waals surface area contributed by atoms with Crippen molar-refractivity contribution in [1.82, 2.24) is 0 Å². The second kappa shape index (κ2) is 5.74. The maximum absolute atomic E-state index is 11.1. The van der Waals surface area contributed by atoms with Crippen molar-refractivity contribution in [3.05, 3.63) is 63.2 Å². The van der Waals surface area contributed by atoms with Crippen molar-refractivity contribution in [2.24, 2.45) is 0 Å². The number of hydrogen-bond acceptors (Lipinski definition) is 3. The molecule has 0 bridgehead atoms. The molecule has 4 nitrogen and oxygen atoms in total. The van der Waals surface area contributed by atoms with E-state index < -0.39 is 4.92 Å². The molecule has 2 rings (SSSR count). The SMILES string of the molecule is CC(C)(C)c1ccccc1Oc1cc(Cl)ccc1[N+](=O)[O-]. The summed E-state index contributed by atoms with van der Waals surface area (Å²) in [5.74, 6) is 0.736. The van der Waals surface area contributed by atoms with Crippen molar-refractivity contribution >= 4 is 17.3 Å². The number of benzene rings is 2. The van der Waals surface area contributed by atoms with Gasteiger partial charge in [0.2, 0.25) is 5.75 Å². The van der Waals surface area contributed by atoms with Gasteiger partial charge < -0.3 is 4.74 Å². The molecule has 0 aliphatic rings. The zero-order valence-electron chi connectivity index (χ0n) is 12.1. The van der Waals surface area contributed by atoms with Crippen molar-refractivity contribution < 1.29 is 9.66 Å². The van der Waals surface area contributed by atoms with Gasteiger partial charge in [-0.3, -0.25) is 10.1 Å². The van der Waals surface area contributed by atoms with Crippen molar-refractivity contribution in [3.63, 3.8) is 0 Å². The first kappa shape index (κ1) is 15.3. The van der Waals surface area contributed by atoms with E-state index in [0.717, 1.165) is 5.56 Å². The fourth-order valence-electron chi connectivity index (χ4n) is 2.01. The minimum atomic E-state index is -0.481. The third-order valence-corrected chi connectivity index (χ3v) is 3.27. The third kappa shape index (κ3) is 3.52. The van der Waals surface area contributed by atoms with Gasteiger partial charge in [0, 0.05) is 22.7 Å². The van der Waals surface area contributed by atoms with E-state index in [9.17, 15) is 10.1 Å². The number of hydrogen-bond donors (Lipinski definition) is 0. The minimum absolute atomic E-state index is 0.108. The summed E-state index contributed by atoms with van der Waals surface area (Å²) in [6.45, 7) is 6.17. The lowest BCUT2D eigenvalue weighted by Gasteiger charge is -2.22. The zero-order valence-corrected chi connectivity index (χ0v) is 12.8. The Kier molecular flexibility index (Phi) is 4.19. The van der Waals surface area contributed by atoms with Gasteiger partial charge in [-0.15, -0.1) is 0 Å². The Balaban J connectivity index is 2.49. The van der Waals surface area contributed by atoms with Crippen LogP contribution in [-0.2, 0) is 5.41 Å². The van der Waals surface area contributed by atoms with Crippen LogP contribution in [0, 0.1) is 10.1 Å². The van der Waals surface area contributed by atoms with E-state index in [1.54, 1.807) is 6.07 Å². The maximum atomic E-state index is 11.1. The Morgan fingerprint density at radius 3 is 2.38 bits per heavy atom. The average Bonchev–Trinajstić information content (AvgIpc) is 2.37. The second-order valence-corrected chi connectivity index (χ2v) is 6.15. The molecule has 5 heteroatoms. The molecule has 2 aromatic carbocycles. The number of ether oxygens (including phenoxy) is 1. The smallest absolute Gasteiger partial charge is 0.311 e. The molecule has 0 heterocycles. The van der Waals surface area contributed by atoms with E-state index in [2.05, 4.69) is 20.8 Å². The number of nitro groups is 1. The predicted octanol–water partition coefficient (Wildman–Crippen LogP) is 5.34. The summed E-state index contributed by atoms with van der Waals surface area (Å²) in [7, 11) is 0. The molecule has 0 saturated heterocycles. The first-order valence-electron chi connectivity index (χ1n) is 6.50. The summed E-state index contributed by atoms with van der Waals surface area (Å²) < 4.78 is 5.78. The van der Waals surface area contributed by atoms with E-state index in [1.165, 1.54) is 18.2 Å². The summed E-state index contributed by atoms with van der Waals surface area (Å²) in [6.07, 6.45) is 0. The molecule has 0 amide bonds. The molecule has 2 aromatic rings. The molecule has 0 aliphatic carbocycles. The molecule has 0 fully saturated rings. The van der Waals surface area contributed by atoms with Crippen LogP contribution >= 0.6 is 11.6 Å². The van der Waals surface area contributed by atoms with Gasteiger partial charge >= 0.3 is 5.69 Å². The number of nitrogens with zero attached hydrogens (tertiary/aromatic N) is 1. The Morgan fingerprint density at radius 2 is 1.76 bits per heavy atom. The van der Waals surface area contributed by atoms with E-state index in [1.807, 2.05) is 18.2 Å². The maximum Gasteiger partial charge on any atom is 0.311 e. The van der Waals surface area contributed by atoms with Gasteiger partial charge in [0.05, 0.1) is 4.92 Å². The molecule has 21 heavy (non-hydrogen) atoms. The van der Waals surface area contributed by atoms with Crippen LogP contribution in [0.5, 0.6) is 11.5 Å². The highest BCUT2D eigenvalue weighted by molar-refractivity contribution is 6.30. The summed E-state index contributed by atoms with van der Waals surface area (Å²) in [5.41, 5.74) is 0.728. The van der Waals surface area contributed by atoms with Crippen LogP contribution in [0.2, 0.25) is 5.02 Å². The van der Waals surface area contributed by atoms with Crippen molar-refractivity contribution in [2.45, 2.75) is 26.2 Å². The van der Waals surface area contributed by atoms with Crippen LogP contribution < -0.4 is 4.74 Å². The fraction of sp³-hybridized carbons (Fsp3) is 0.250. The summed E-state index contributed by atoms with van der Waals surface area (Å²) >= 11 is 5.91. The van der Waals surface area contributed by atoms with E-state index in [0.29, 0.717) is 10.8 Å². The quantitative estimate of drug-likeness (QED) is 0.568. The predicted molar refractivity (Wildman–Crippen MR) is 83.3 cm³/mol. The van der Waals surface area contributed by atoms with Gasteiger partial charge in [0.1, 0.15) is 5.75 Å². The number of halogens is 1. The highest BCUT2D eigenvalue weighted by atomic mass is 35.5. The van der Waals surface area contributed by atoms with Crippen LogP contribution in [-0.4, -0.2) is 4.92 Å². The van der Waals surface area contributed by atoms with Crippen LogP contribution in [0.15, 0.2) is 42.5 Å². The molecule has 0 spiro atoms. The normalized spacial score (nSPS) is 11.2.